The molecule has 206 valence electrons. The number of anilines is 1. The highest BCUT2D eigenvalue weighted by Crippen LogP contribution is 2.42. The Hall–Kier alpha value is -3.56. The van der Waals surface area contributed by atoms with Gasteiger partial charge < -0.3 is 24.2 Å². The van der Waals surface area contributed by atoms with Crippen LogP contribution in [0.2, 0.25) is 0 Å². The number of ether oxygens (including phenoxy) is 3. The number of carbonyl (C=O) groups is 1. The Balaban J connectivity index is 1.52. The molecule has 1 fully saturated rings. The summed E-state index contributed by atoms with van der Waals surface area (Å²) in [7, 11) is 2.09. The normalized spacial score (nSPS) is 20.9. The zero-order valence-electron chi connectivity index (χ0n) is 22.5. The van der Waals surface area contributed by atoms with Crippen molar-refractivity contribution in [1.82, 2.24) is 9.88 Å². The van der Waals surface area contributed by atoms with Gasteiger partial charge in [0, 0.05) is 48.6 Å². The molecule has 1 aliphatic heterocycles. The summed E-state index contributed by atoms with van der Waals surface area (Å²) in [5.41, 5.74) is 4.31. The second-order valence-corrected chi connectivity index (χ2v) is 9.79. The molecule has 39 heavy (non-hydrogen) atoms. The molecule has 0 unspecified atom stereocenters. The summed E-state index contributed by atoms with van der Waals surface area (Å²) < 4.78 is 18.1. The first kappa shape index (κ1) is 28.4. The third kappa shape index (κ3) is 7.97. The van der Waals surface area contributed by atoms with Crippen LogP contribution < -0.4 is 5.32 Å². The van der Waals surface area contributed by atoms with Crippen molar-refractivity contribution in [3.63, 3.8) is 0 Å². The van der Waals surface area contributed by atoms with Crippen LogP contribution in [0.15, 0.2) is 85.6 Å². The highest BCUT2D eigenvalue weighted by atomic mass is 16.7. The number of rotatable bonds is 11. The summed E-state index contributed by atoms with van der Waals surface area (Å²) >= 11 is 0. The number of hydrogen-bond donors (Lipinski definition) is 2. The highest BCUT2D eigenvalue weighted by molar-refractivity contribution is 5.84. The van der Waals surface area contributed by atoms with Crippen molar-refractivity contribution in [2.24, 2.45) is 5.92 Å². The molecule has 1 aliphatic rings. The average Bonchev–Trinajstić information content (AvgIpc) is 2.97. The maximum absolute atomic E-state index is 12.1. The molecule has 0 saturated carbocycles. The maximum atomic E-state index is 12.1. The molecule has 4 atom stereocenters. The lowest BCUT2D eigenvalue weighted by atomic mass is 9.90. The molecule has 1 saturated heterocycles. The summed E-state index contributed by atoms with van der Waals surface area (Å²) in [6.07, 6.45) is 2.65. The van der Waals surface area contributed by atoms with Crippen molar-refractivity contribution in [2.45, 2.75) is 38.4 Å². The number of nitrogens with zero attached hydrogens (tertiary/aromatic N) is 2. The zero-order chi connectivity index (χ0) is 27.6. The van der Waals surface area contributed by atoms with Gasteiger partial charge in [0.15, 0.2) is 6.29 Å². The van der Waals surface area contributed by atoms with Gasteiger partial charge in [-0.25, -0.2) is 4.79 Å². The van der Waals surface area contributed by atoms with Gasteiger partial charge in [0.05, 0.1) is 18.8 Å². The molecule has 2 N–H and O–H groups in total. The summed E-state index contributed by atoms with van der Waals surface area (Å²) in [6, 6.07) is 21.2. The van der Waals surface area contributed by atoms with Crippen LogP contribution in [0.4, 0.5) is 10.5 Å². The fourth-order valence-electron chi connectivity index (χ4n) is 4.63. The molecular formula is C31H37N3O5. The Kier molecular flexibility index (Phi) is 10.2. The van der Waals surface area contributed by atoms with E-state index in [2.05, 4.69) is 35.8 Å². The van der Waals surface area contributed by atoms with Gasteiger partial charge >= 0.3 is 6.09 Å². The van der Waals surface area contributed by atoms with Gasteiger partial charge in [-0.3, -0.25) is 10.3 Å². The first-order chi connectivity index (χ1) is 19.0. The Labute approximate surface area is 230 Å². The van der Waals surface area contributed by atoms with Crippen LogP contribution in [0.3, 0.4) is 0 Å². The van der Waals surface area contributed by atoms with Crippen LogP contribution in [-0.4, -0.2) is 53.9 Å². The van der Waals surface area contributed by atoms with Crippen molar-refractivity contribution in [3.8, 4) is 0 Å². The Morgan fingerprint density at radius 1 is 1.13 bits per heavy atom. The summed E-state index contributed by atoms with van der Waals surface area (Å²) in [5, 5.41) is 12.2. The lowest BCUT2D eigenvalue weighted by Crippen LogP contribution is -2.44. The Bertz CT molecular complexity index is 1200. The van der Waals surface area contributed by atoms with Crippen molar-refractivity contribution < 1.29 is 24.1 Å². The molecule has 8 nitrogen and oxygen atoms in total. The maximum Gasteiger partial charge on any atom is 0.411 e. The van der Waals surface area contributed by atoms with Crippen molar-refractivity contribution in [2.75, 3.05) is 32.1 Å². The molecule has 1 aromatic heterocycles. The van der Waals surface area contributed by atoms with Crippen LogP contribution in [-0.2, 0) is 27.2 Å². The second-order valence-electron chi connectivity index (χ2n) is 9.79. The minimum Gasteiger partial charge on any atom is -0.445 e. The molecule has 0 radical (unpaired) electrons. The first-order valence-electron chi connectivity index (χ1n) is 13.2. The highest BCUT2D eigenvalue weighted by Gasteiger charge is 2.38. The van der Waals surface area contributed by atoms with Gasteiger partial charge in [-0.05, 0) is 42.4 Å². The number of benzene rings is 2. The average molecular weight is 532 g/mol. The summed E-state index contributed by atoms with van der Waals surface area (Å²) in [5.74, 6) is 0.0636. The van der Waals surface area contributed by atoms with Gasteiger partial charge in [-0.15, -0.1) is 0 Å². The topological polar surface area (TPSA) is 93.2 Å². The number of amides is 1. The number of aliphatic hydroxyl groups is 1. The van der Waals surface area contributed by atoms with Gasteiger partial charge in [-0.2, -0.15) is 0 Å². The SMILES string of the molecule is C=CCOC(=O)Nc1cccc([C@@H]2O[C@H](CN(C)CCc3ccccn3)[C@H](C)[C@H](c3ccc(CO)cc3)O2)c1. The molecule has 0 bridgehead atoms. The largest absolute Gasteiger partial charge is 0.445 e. The van der Waals surface area contributed by atoms with Crippen LogP contribution >= 0.6 is 0 Å². The van der Waals surface area contributed by atoms with E-state index in [0.717, 1.165) is 35.3 Å². The van der Waals surface area contributed by atoms with Crippen LogP contribution in [0.1, 0.15) is 41.7 Å². The van der Waals surface area contributed by atoms with E-state index in [4.69, 9.17) is 14.2 Å². The molecule has 0 aliphatic carbocycles. The Morgan fingerprint density at radius 3 is 2.67 bits per heavy atom. The molecule has 2 aromatic carbocycles. The minimum atomic E-state index is -0.635. The first-order valence-corrected chi connectivity index (χ1v) is 13.2. The quantitative estimate of drug-likeness (QED) is 0.326. The van der Waals surface area contributed by atoms with Crippen molar-refractivity contribution in [3.05, 3.63) is 108 Å². The number of aliphatic hydroxyl groups excluding tert-OH is 1. The second kappa shape index (κ2) is 14.0. The van der Waals surface area contributed by atoms with E-state index in [0.29, 0.717) is 12.2 Å². The van der Waals surface area contributed by atoms with E-state index in [9.17, 15) is 9.90 Å². The standard InChI is InChI=1S/C31H37N3O5/c1-4-18-37-31(36)33-27-10-7-8-25(19-27)30-38-28(20-34(3)17-15-26-9-5-6-16-32-26)22(2)29(39-30)24-13-11-23(21-35)12-14-24/h4-14,16,19,22,28-30,35H,1,15,17-18,20-21H2,2-3H3,(H,33,36)/t22-,28+,29+,30+/m0/s1. The van der Waals surface area contributed by atoms with Gasteiger partial charge in [0.2, 0.25) is 0 Å². The molecule has 4 rings (SSSR count). The molecule has 8 heteroatoms. The third-order valence-corrected chi connectivity index (χ3v) is 6.83. The van der Waals surface area contributed by atoms with E-state index < -0.39 is 12.4 Å². The van der Waals surface area contributed by atoms with E-state index in [1.807, 2.05) is 66.9 Å². The number of carbonyl (C=O) groups excluding carboxylic acids is 1. The van der Waals surface area contributed by atoms with E-state index in [1.54, 1.807) is 6.07 Å². The minimum absolute atomic E-state index is 0.00812. The number of nitrogens with one attached hydrogen (secondary N) is 1. The molecule has 3 aromatic rings. The lowest BCUT2D eigenvalue weighted by Gasteiger charge is -2.42. The van der Waals surface area contributed by atoms with Crippen LogP contribution in [0, 0.1) is 5.92 Å². The van der Waals surface area contributed by atoms with Gasteiger partial charge in [0.1, 0.15) is 6.61 Å². The molecular weight excluding hydrogens is 494 g/mol. The smallest absolute Gasteiger partial charge is 0.411 e. The van der Waals surface area contributed by atoms with Crippen LogP contribution in [0.25, 0.3) is 0 Å². The fourth-order valence-corrected chi connectivity index (χ4v) is 4.63. The molecule has 0 spiro atoms. The van der Waals surface area contributed by atoms with Crippen molar-refractivity contribution in [1.29, 1.82) is 0 Å². The van der Waals surface area contributed by atoms with Crippen LogP contribution in [0.5, 0.6) is 0 Å². The third-order valence-electron chi connectivity index (χ3n) is 6.83. The van der Waals surface area contributed by atoms with E-state index in [1.165, 1.54) is 6.08 Å². The Morgan fingerprint density at radius 2 is 1.95 bits per heavy atom. The molecule has 1 amide bonds. The van der Waals surface area contributed by atoms with Crippen molar-refractivity contribution >= 4 is 11.8 Å². The monoisotopic (exact) mass is 531 g/mol. The molecule has 2 heterocycles. The van der Waals surface area contributed by atoms with E-state index >= 15 is 0 Å². The van der Waals surface area contributed by atoms with Gasteiger partial charge in [0.25, 0.3) is 0 Å². The number of hydrogen-bond acceptors (Lipinski definition) is 7. The predicted molar refractivity (Wildman–Crippen MR) is 150 cm³/mol. The number of likely N-dealkylation sites (N-methyl/N-ethyl adjacent to an activating group) is 1. The summed E-state index contributed by atoms with van der Waals surface area (Å²) in [4.78, 5) is 18.8. The van der Waals surface area contributed by atoms with E-state index in [-0.39, 0.29) is 31.3 Å². The van der Waals surface area contributed by atoms with Gasteiger partial charge in [-0.1, -0.05) is 62.0 Å². The number of pyridine rings is 1. The lowest BCUT2D eigenvalue weighted by molar-refractivity contribution is -0.275. The predicted octanol–water partition coefficient (Wildman–Crippen LogP) is 5.27. The summed E-state index contributed by atoms with van der Waals surface area (Å²) in [6.45, 7) is 7.38. The number of aromatic nitrogens is 1. The fraction of sp³-hybridized carbons (Fsp3) is 0.355. The zero-order valence-corrected chi connectivity index (χ0v) is 22.5.